The van der Waals surface area contributed by atoms with Crippen molar-refractivity contribution in [3.8, 4) is 11.5 Å². The van der Waals surface area contributed by atoms with Crippen LogP contribution in [0.4, 0.5) is 5.95 Å². The normalized spacial score (nSPS) is 11.3. The highest BCUT2D eigenvalue weighted by atomic mass is 35.5. The fraction of sp³-hybridized carbons (Fsp3) is 0.214. The van der Waals surface area contributed by atoms with E-state index < -0.39 is 5.75 Å². The molecule has 1 aromatic heterocycles. The second-order valence-corrected chi connectivity index (χ2v) is 5.79. The molecule has 0 fully saturated rings. The predicted octanol–water partition coefficient (Wildman–Crippen LogP) is 3.06. The van der Waals surface area contributed by atoms with Crippen LogP contribution in [-0.4, -0.2) is 26.4 Å². The number of aromatic nitrogens is 2. The molecular formula is C14H14Cl2N4O3. The third-order valence-corrected chi connectivity index (χ3v) is 3.57. The number of nitrogens with zero attached hydrogens (tertiary/aromatic N) is 2. The summed E-state index contributed by atoms with van der Waals surface area (Å²) in [7, 11) is 0. The number of hydrogen-bond donors (Lipinski definition) is 4. The zero-order chi connectivity index (χ0) is 17.1. The molecule has 1 aromatic carbocycles. The van der Waals surface area contributed by atoms with Crippen molar-refractivity contribution in [3.05, 3.63) is 43.8 Å². The SMILES string of the molecule is CC(C)c1cc(=O)[nH]c(N/N=C\c2cc(Cl)c(O)c(Cl)c2O)n1. The molecule has 7 nitrogen and oxygen atoms in total. The van der Waals surface area contributed by atoms with Gasteiger partial charge in [0.05, 0.1) is 16.9 Å². The summed E-state index contributed by atoms with van der Waals surface area (Å²) < 4.78 is 0. The van der Waals surface area contributed by atoms with E-state index >= 15 is 0 Å². The zero-order valence-corrected chi connectivity index (χ0v) is 13.8. The van der Waals surface area contributed by atoms with Crippen molar-refractivity contribution in [2.24, 2.45) is 5.10 Å². The van der Waals surface area contributed by atoms with E-state index in [0.29, 0.717) is 5.69 Å². The topological polar surface area (TPSA) is 111 Å². The summed E-state index contributed by atoms with van der Waals surface area (Å²) in [5.74, 6) is -0.531. The Morgan fingerprint density at radius 2 is 2.00 bits per heavy atom. The van der Waals surface area contributed by atoms with Crippen molar-refractivity contribution in [3.63, 3.8) is 0 Å². The Morgan fingerprint density at radius 1 is 1.30 bits per heavy atom. The lowest BCUT2D eigenvalue weighted by Crippen LogP contribution is -2.12. The predicted molar refractivity (Wildman–Crippen MR) is 90.0 cm³/mol. The minimum absolute atomic E-state index is 0.0254. The van der Waals surface area contributed by atoms with Gasteiger partial charge < -0.3 is 10.2 Å². The van der Waals surface area contributed by atoms with E-state index in [-0.39, 0.29) is 38.8 Å². The molecular weight excluding hydrogens is 343 g/mol. The van der Waals surface area contributed by atoms with Crippen molar-refractivity contribution in [1.82, 2.24) is 9.97 Å². The number of nitrogens with one attached hydrogen (secondary N) is 2. The molecule has 0 aliphatic carbocycles. The standard InChI is InChI=1S/C14H14Cl2N4O3/c1-6(2)9-4-10(21)19-14(18-9)20-17-5-7-3-8(15)13(23)11(16)12(7)22/h3-6,22-23H,1-2H3,(H2,18,19,20,21)/b17-5-. The molecule has 0 amide bonds. The van der Waals surface area contributed by atoms with Gasteiger partial charge in [-0.25, -0.2) is 10.4 Å². The third kappa shape index (κ3) is 3.94. The number of phenolic OH excluding ortho intramolecular Hbond substituents is 2. The van der Waals surface area contributed by atoms with Gasteiger partial charge in [0.1, 0.15) is 10.8 Å². The van der Waals surface area contributed by atoms with E-state index in [0.717, 1.165) is 0 Å². The molecule has 0 saturated heterocycles. The lowest BCUT2D eigenvalue weighted by molar-refractivity contribution is 0.450. The van der Waals surface area contributed by atoms with Gasteiger partial charge >= 0.3 is 0 Å². The van der Waals surface area contributed by atoms with Crippen LogP contribution < -0.4 is 11.0 Å². The van der Waals surface area contributed by atoms with Crippen molar-refractivity contribution < 1.29 is 10.2 Å². The van der Waals surface area contributed by atoms with Crippen molar-refractivity contribution in [1.29, 1.82) is 0 Å². The highest BCUT2D eigenvalue weighted by molar-refractivity contribution is 6.38. The average molecular weight is 357 g/mol. The number of halogens is 2. The van der Waals surface area contributed by atoms with E-state index in [1.807, 2.05) is 13.8 Å². The summed E-state index contributed by atoms with van der Waals surface area (Å²) in [5.41, 5.74) is 3.05. The number of rotatable bonds is 4. The Labute approximate surface area is 141 Å². The molecule has 0 atom stereocenters. The van der Waals surface area contributed by atoms with E-state index in [1.165, 1.54) is 18.3 Å². The van der Waals surface area contributed by atoms with Gasteiger partial charge in [0.25, 0.3) is 5.56 Å². The van der Waals surface area contributed by atoms with Gasteiger partial charge in [-0.15, -0.1) is 0 Å². The highest BCUT2D eigenvalue weighted by Gasteiger charge is 2.13. The number of benzene rings is 1. The van der Waals surface area contributed by atoms with Crippen LogP contribution in [0.25, 0.3) is 0 Å². The first-order chi connectivity index (χ1) is 10.8. The van der Waals surface area contributed by atoms with Gasteiger partial charge in [-0.1, -0.05) is 37.0 Å². The lowest BCUT2D eigenvalue weighted by Gasteiger charge is -2.07. The zero-order valence-electron chi connectivity index (χ0n) is 12.3. The molecule has 2 rings (SSSR count). The largest absolute Gasteiger partial charge is 0.506 e. The average Bonchev–Trinajstić information content (AvgIpc) is 2.49. The lowest BCUT2D eigenvalue weighted by atomic mass is 10.1. The van der Waals surface area contributed by atoms with Gasteiger partial charge in [-0.3, -0.25) is 9.78 Å². The Hall–Kier alpha value is -2.25. The minimum Gasteiger partial charge on any atom is -0.506 e. The monoisotopic (exact) mass is 356 g/mol. The molecule has 0 aliphatic rings. The molecule has 0 spiro atoms. The van der Waals surface area contributed by atoms with E-state index in [2.05, 4.69) is 20.5 Å². The molecule has 0 saturated carbocycles. The first kappa shape index (κ1) is 17.1. The van der Waals surface area contributed by atoms with Crippen LogP contribution in [-0.2, 0) is 0 Å². The summed E-state index contributed by atoms with van der Waals surface area (Å²) in [6.45, 7) is 3.82. The first-order valence-electron chi connectivity index (χ1n) is 6.60. The summed E-state index contributed by atoms with van der Waals surface area (Å²) in [6.07, 6.45) is 1.23. The van der Waals surface area contributed by atoms with Crippen LogP contribution in [0.15, 0.2) is 22.0 Å². The Morgan fingerprint density at radius 3 is 2.65 bits per heavy atom. The third-order valence-electron chi connectivity index (χ3n) is 2.92. The number of aromatic hydroxyl groups is 2. The number of hydrogen-bond acceptors (Lipinski definition) is 6. The van der Waals surface area contributed by atoms with E-state index in [1.54, 1.807) is 0 Å². The van der Waals surface area contributed by atoms with Gasteiger partial charge in [0.2, 0.25) is 5.95 Å². The van der Waals surface area contributed by atoms with E-state index in [9.17, 15) is 15.0 Å². The minimum atomic E-state index is -0.411. The Balaban J connectivity index is 2.25. The second-order valence-electron chi connectivity index (χ2n) is 5.00. The Bertz CT molecular complexity index is 818. The molecule has 2 aromatic rings. The highest BCUT2D eigenvalue weighted by Crippen LogP contribution is 2.40. The smallest absolute Gasteiger partial charge is 0.252 e. The number of hydrazone groups is 1. The van der Waals surface area contributed by atoms with Gasteiger partial charge in [-0.2, -0.15) is 5.10 Å². The van der Waals surface area contributed by atoms with Gasteiger partial charge in [-0.05, 0) is 12.0 Å². The maximum Gasteiger partial charge on any atom is 0.252 e. The molecule has 0 aliphatic heterocycles. The molecule has 1 heterocycles. The molecule has 23 heavy (non-hydrogen) atoms. The quantitative estimate of drug-likeness (QED) is 0.497. The van der Waals surface area contributed by atoms with Crippen molar-refractivity contribution >= 4 is 35.4 Å². The summed E-state index contributed by atoms with van der Waals surface area (Å²) in [4.78, 5) is 18.2. The fourth-order valence-electron chi connectivity index (χ4n) is 1.70. The van der Waals surface area contributed by atoms with Crippen molar-refractivity contribution in [2.45, 2.75) is 19.8 Å². The summed E-state index contributed by atoms with van der Waals surface area (Å²) >= 11 is 11.5. The Kier molecular flexibility index (Phi) is 5.12. The molecule has 4 N–H and O–H groups in total. The fourth-order valence-corrected chi connectivity index (χ4v) is 2.17. The number of H-pyrrole nitrogens is 1. The van der Waals surface area contributed by atoms with Crippen LogP contribution in [0.1, 0.15) is 31.0 Å². The molecule has 9 heteroatoms. The van der Waals surface area contributed by atoms with Crippen LogP contribution in [0.2, 0.25) is 10.0 Å². The van der Waals surface area contributed by atoms with Crippen LogP contribution in [0.5, 0.6) is 11.5 Å². The maximum atomic E-state index is 11.5. The molecule has 0 bridgehead atoms. The molecule has 122 valence electrons. The van der Waals surface area contributed by atoms with Crippen LogP contribution in [0.3, 0.4) is 0 Å². The van der Waals surface area contributed by atoms with Gasteiger partial charge in [0.15, 0.2) is 5.75 Å². The number of anilines is 1. The first-order valence-corrected chi connectivity index (χ1v) is 7.35. The maximum absolute atomic E-state index is 11.5. The number of phenols is 2. The molecule has 0 radical (unpaired) electrons. The summed E-state index contributed by atoms with van der Waals surface area (Å²) in [5, 5.41) is 22.9. The molecule has 0 unspecified atom stereocenters. The number of aromatic amines is 1. The van der Waals surface area contributed by atoms with Crippen LogP contribution >= 0.6 is 23.2 Å². The van der Waals surface area contributed by atoms with Gasteiger partial charge in [0, 0.05) is 11.6 Å². The summed E-state index contributed by atoms with van der Waals surface area (Å²) in [6, 6.07) is 2.70. The van der Waals surface area contributed by atoms with Crippen LogP contribution in [0, 0.1) is 0 Å². The van der Waals surface area contributed by atoms with E-state index in [4.69, 9.17) is 23.2 Å². The second kappa shape index (κ2) is 6.89. The van der Waals surface area contributed by atoms with Crippen molar-refractivity contribution in [2.75, 3.05) is 5.43 Å².